The largest absolute Gasteiger partial charge is 0.481 e. The summed E-state index contributed by atoms with van der Waals surface area (Å²) in [5, 5.41) is 6.32. The van der Waals surface area contributed by atoms with E-state index in [2.05, 4.69) is 43.5 Å². The fourth-order valence-electron chi connectivity index (χ4n) is 2.80. The van der Waals surface area contributed by atoms with Gasteiger partial charge in [-0.2, -0.15) is 0 Å². The van der Waals surface area contributed by atoms with E-state index in [0.29, 0.717) is 5.92 Å². The average molecular weight is 318 g/mol. The van der Waals surface area contributed by atoms with Crippen LogP contribution in [0.3, 0.4) is 0 Å². The highest BCUT2D eigenvalue weighted by Gasteiger charge is 2.18. The number of carbonyl (C=O) groups is 1. The molecule has 0 radical (unpaired) electrons. The van der Waals surface area contributed by atoms with E-state index in [0.717, 1.165) is 31.8 Å². The second kappa shape index (κ2) is 7.82. The second-order valence-corrected chi connectivity index (χ2v) is 7.47. The minimum absolute atomic E-state index is 0.0455. The summed E-state index contributed by atoms with van der Waals surface area (Å²) in [5.41, 5.74) is 1.38. The minimum Gasteiger partial charge on any atom is -0.481 e. The molecule has 4 nitrogen and oxygen atoms in total. The fraction of sp³-hybridized carbons (Fsp3) is 0.632. The van der Waals surface area contributed by atoms with E-state index in [-0.39, 0.29) is 11.3 Å². The van der Waals surface area contributed by atoms with Crippen LogP contribution in [0.2, 0.25) is 0 Å². The molecular weight excluding hydrogens is 288 g/mol. The smallest absolute Gasteiger partial charge is 0.260 e. The van der Waals surface area contributed by atoms with Gasteiger partial charge < -0.3 is 15.4 Å². The van der Waals surface area contributed by atoms with Crippen LogP contribution in [0.15, 0.2) is 24.3 Å². The molecule has 0 saturated carbocycles. The molecule has 1 fully saturated rings. The van der Waals surface area contributed by atoms with E-state index in [4.69, 9.17) is 4.74 Å². The zero-order valence-corrected chi connectivity index (χ0v) is 14.8. The van der Waals surface area contributed by atoms with Crippen LogP contribution in [0.1, 0.15) is 46.1 Å². The molecule has 1 aliphatic rings. The Hall–Kier alpha value is -1.55. The summed E-state index contributed by atoms with van der Waals surface area (Å²) in [6.07, 6.45) is 1.77. The molecule has 0 aliphatic carbocycles. The van der Waals surface area contributed by atoms with E-state index in [1.165, 1.54) is 12.0 Å². The third kappa shape index (κ3) is 5.54. The quantitative estimate of drug-likeness (QED) is 0.848. The van der Waals surface area contributed by atoms with Crippen molar-refractivity contribution in [1.82, 2.24) is 10.6 Å². The van der Waals surface area contributed by atoms with Gasteiger partial charge in [-0.1, -0.05) is 32.9 Å². The lowest BCUT2D eigenvalue weighted by Crippen LogP contribution is -2.37. The maximum absolute atomic E-state index is 12.1. The minimum atomic E-state index is -0.475. The lowest BCUT2D eigenvalue weighted by Gasteiger charge is -2.20. The Kier molecular flexibility index (Phi) is 6.05. The van der Waals surface area contributed by atoms with E-state index in [1.807, 2.05) is 12.1 Å². The first-order chi connectivity index (χ1) is 10.9. The standard InChI is InChI=1S/C19H30N2O2/c1-14(18(22)21-12-10-15-9-11-20-13-15)23-17-7-5-16(6-8-17)19(2,3)4/h5-8,14-15,20H,9-13H2,1-4H3,(H,21,22). The van der Waals surface area contributed by atoms with Crippen LogP contribution < -0.4 is 15.4 Å². The van der Waals surface area contributed by atoms with Crippen molar-refractivity contribution in [1.29, 1.82) is 0 Å². The highest BCUT2D eigenvalue weighted by atomic mass is 16.5. The number of nitrogens with one attached hydrogen (secondary N) is 2. The molecule has 1 aromatic carbocycles. The van der Waals surface area contributed by atoms with Crippen molar-refractivity contribution >= 4 is 5.91 Å². The Bertz CT molecular complexity index is 499. The van der Waals surface area contributed by atoms with Gasteiger partial charge in [0.05, 0.1) is 0 Å². The van der Waals surface area contributed by atoms with E-state index < -0.39 is 6.10 Å². The molecule has 0 aromatic heterocycles. The Balaban J connectivity index is 1.76. The number of amides is 1. The fourth-order valence-corrected chi connectivity index (χ4v) is 2.80. The number of hydrogen-bond donors (Lipinski definition) is 2. The van der Waals surface area contributed by atoms with Crippen molar-refractivity contribution < 1.29 is 9.53 Å². The summed E-state index contributed by atoms with van der Waals surface area (Å²) >= 11 is 0. The molecule has 2 N–H and O–H groups in total. The van der Waals surface area contributed by atoms with Crippen molar-refractivity contribution in [2.45, 2.75) is 52.1 Å². The van der Waals surface area contributed by atoms with Gasteiger partial charge in [-0.3, -0.25) is 4.79 Å². The van der Waals surface area contributed by atoms with Crippen LogP contribution in [-0.4, -0.2) is 31.6 Å². The second-order valence-electron chi connectivity index (χ2n) is 7.47. The maximum atomic E-state index is 12.1. The van der Waals surface area contributed by atoms with Crippen LogP contribution in [0.25, 0.3) is 0 Å². The molecule has 1 aliphatic heterocycles. The van der Waals surface area contributed by atoms with E-state index in [1.54, 1.807) is 6.92 Å². The number of benzene rings is 1. The molecule has 128 valence electrons. The van der Waals surface area contributed by atoms with Gasteiger partial charge in [0.25, 0.3) is 5.91 Å². The van der Waals surface area contributed by atoms with Gasteiger partial charge >= 0.3 is 0 Å². The number of rotatable bonds is 6. The first kappa shape index (κ1) is 17.8. The summed E-state index contributed by atoms with van der Waals surface area (Å²) in [4.78, 5) is 12.1. The monoisotopic (exact) mass is 318 g/mol. The summed E-state index contributed by atoms with van der Waals surface area (Å²) in [6.45, 7) is 11.2. The molecule has 1 heterocycles. The Morgan fingerprint density at radius 3 is 2.61 bits per heavy atom. The molecule has 0 bridgehead atoms. The Morgan fingerprint density at radius 1 is 1.35 bits per heavy atom. The SMILES string of the molecule is CC(Oc1ccc(C(C)(C)C)cc1)C(=O)NCCC1CCNC1. The molecular formula is C19H30N2O2. The van der Waals surface area contributed by atoms with Gasteiger partial charge in [-0.15, -0.1) is 0 Å². The Morgan fingerprint density at radius 2 is 2.04 bits per heavy atom. The van der Waals surface area contributed by atoms with Crippen LogP contribution in [0.5, 0.6) is 5.75 Å². The van der Waals surface area contributed by atoms with Gasteiger partial charge in [0.2, 0.25) is 0 Å². The van der Waals surface area contributed by atoms with Gasteiger partial charge in [-0.05, 0) is 61.9 Å². The van der Waals surface area contributed by atoms with Crippen LogP contribution in [0.4, 0.5) is 0 Å². The molecule has 2 rings (SSSR count). The van der Waals surface area contributed by atoms with Gasteiger partial charge in [0, 0.05) is 6.54 Å². The lowest BCUT2D eigenvalue weighted by atomic mass is 9.87. The topological polar surface area (TPSA) is 50.4 Å². The number of hydrogen-bond acceptors (Lipinski definition) is 3. The highest BCUT2D eigenvalue weighted by molar-refractivity contribution is 5.80. The summed E-state index contributed by atoms with van der Waals surface area (Å²) in [7, 11) is 0. The normalized spacial score (nSPS) is 19.4. The summed E-state index contributed by atoms with van der Waals surface area (Å²) in [6, 6.07) is 8.00. The average Bonchev–Trinajstić information content (AvgIpc) is 3.00. The van der Waals surface area contributed by atoms with Gasteiger partial charge in [0.15, 0.2) is 6.10 Å². The van der Waals surface area contributed by atoms with Crippen molar-refractivity contribution in [3.8, 4) is 5.75 Å². The van der Waals surface area contributed by atoms with Crippen molar-refractivity contribution in [3.05, 3.63) is 29.8 Å². The molecule has 2 atom stereocenters. The first-order valence-electron chi connectivity index (χ1n) is 8.62. The number of ether oxygens (including phenoxy) is 1. The highest BCUT2D eigenvalue weighted by Crippen LogP contribution is 2.24. The molecule has 2 unspecified atom stereocenters. The van der Waals surface area contributed by atoms with Crippen LogP contribution >= 0.6 is 0 Å². The van der Waals surface area contributed by atoms with E-state index >= 15 is 0 Å². The van der Waals surface area contributed by atoms with Gasteiger partial charge in [0.1, 0.15) is 5.75 Å². The van der Waals surface area contributed by atoms with Crippen molar-refractivity contribution in [2.24, 2.45) is 5.92 Å². The summed E-state index contributed by atoms with van der Waals surface area (Å²) < 4.78 is 5.74. The third-order valence-corrected chi connectivity index (χ3v) is 4.42. The zero-order chi connectivity index (χ0) is 16.9. The molecule has 1 amide bonds. The molecule has 0 spiro atoms. The predicted molar refractivity (Wildman–Crippen MR) is 93.8 cm³/mol. The first-order valence-corrected chi connectivity index (χ1v) is 8.62. The van der Waals surface area contributed by atoms with Crippen molar-refractivity contribution in [3.63, 3.8) is 0 Å². The van der Waals surface area contributed by atoms with Crippen LogP contribution in [0, 0.1) is 5.92 Å². The lowest BCUT2D eigenvalue weighted by molar-refractivity contribution is -0.127. The van der Waals surface area contributed by atoms with E-state index in [9.17, 15) is 4.79 Å². The zero-order valence-electron chi connectivity index (χ0n) is 14.8. The maximum Gasteiger partial charge on any atom is 0.260 e. The molecule has 1 saturated heterocycles. The van der Waals surface area contributed by atoms with Crippen molar-refractivity contribution in [2.75, 3.05) is 19.6 Å². The Labute approximate surface area is 140 Å². The number of carbonyl (C=O) groups excluding carboxylic acids is 1. The molecule has 23 heavy (non-hydrogen) atoms. The molecule has 1 aromatic rings. The van der Waals surface area contributed by atoms with Crippen LogP contribution in [-0.2, 0) is 10.2 Å². The molecule has 4 heteroatoms. The third-order valence-electron chi connectivity index (χ3n) is 4.42. The summed E-state index contributed by atoms with van der Waals surface area (Å²) in [5.74, 6) is 1.38. The predicted octanol–water partition coefficient (Wildman–Crippen LogP) is 2.87. The van der Waals surface area contributed by atoms with Gasteiger partial charge in [-0.25, -0.2) is 0 Å².